The van der Waals surface area contributed by atoms with Gasteiger partial charge in [-0.2, -0.15) is 12.6 Å². The summed E-state index contributed by atoms with van der Waals surface area (Å²) in [5.74, 6) is -5.08. The Balaban J connectivity index is 5.30. The van der Waals surface area contributed by atoms with E-state index >= 15 is 0 Å². The van der Waals surface area contributed by atoms with Gasteiger partial charge in [-0.1, -0.05) is 0 Å². The number of hydrogen-bond acceptors (Lipinski definition) is 8. The highest BCUT2D eigenvalue weighted by molar-refractivity contribution is 7.80. The van der Waals surface area contributed by atoms with Crippen LogP contribution >= 0.6 is 12.6 Å². The Morgan fingerprint density at radius 1 is 0.931 bits per heavy atom. The summed E-state index contributed by atoms with van der Waals surface area (Å²) in [4.78, 5) is 58.8. The van der Waals surface area contributed by atoms with Crippen LogP contribution in [0, 0.1) is 0 Å². The van der Waals surface area contributed by atoms with Gasteiger partial charge in [0.1, 0.15) is 18.1 Å². The molecule has 0 aromatic rings. The number of rotatable bonds is 14. The molecule has 0 aliphatic rings. The Morgan fingerprint density at radius 3 is 1.97 bits per heavy atom. The number of unbranched alkanes of at least 4 members (excludes halogenated alkanes) is 1. The molecule has 0 bridgehead atoms. The molecule has 0 aliphatic carbocycles. The number of thiol groups is 1. The van der Waals surface area contributed by atoms with Gasteiger partial charge in [0.15, 0.2) is 0 Å². The van der Waals surface area contributed by atoms with Crippen molar-refractivity contribution in [2.24, 2.45) is 11.5 Å². The molecule has 0 heterocycles. The molecule has 0 fully saturated rings. The SMILES string of the molecule is CC(NC(=O)C(CCCCN)NC(=O)C(CC(=O)O)NC(=O)C(N)CS)C(=O)O. The van der Waals surface area contributed by atoms with Crippen molar-refractivity contribution in [1.82, 2.24) is 16.0 Å². The fourth-order valence-corrected chi connectivity index (χ4v) is 2.32. The predicted molar refractivity (Wildman–Crippen MR) is 106 cm³/mol. The number of carbonyl (C=O) groups excluding carboxylic acids is 3. The molecule has 0 spiro atoms. The Labute approximate surface area is 173 Å². The fourth-order valence-electron chi connectivity index (χ4n) is 2.16. The highest BCUT2D eigenvalue weighted by Crippen LogP contribution is 2.04. The van der Waals surface area contributed by atoms with Gasteiger partial charge in [0, 0.05) is 5.75 Å². The van der Waals surface area contributed by atoms with Crippen LogP contribution in [0.15, 0.2) is 0 Å². The van der Waals surface area contributed by atoms with Crippen molar-refractivity contribution in [2.75, 3.05) is 12.3 Å². The third-order valence-electron chi connectivity index (χ3n) is 3.85. The molecule has 13 heteroatoms. The van der Waals surface area contributed by atoms with Crippen LogP contribution < -0.4 is 27.4 Å². The van der Waals surface area contributed by atoms with E-state index in [1.807, 2.05) is 0 Å². The van der Waals surface area contributed by atoms with Gasteiger partial charge in [-0.25, -0.2) is 0 Å². The second kappa shape index (κ2) is 13.7. The van der Waals surface area contributed by atoms with Crippen molar-refractivity contribution in [1.29, 1.82) is 0 Å². The third-order valence-corrected chi connectivity index (χ3v) is 4.25. The maximum atomic E-state index is 12.5. The molecule has 0 aliphatic heterocycles. The van der Waals surface area contributed by atoms with E-state index in [-0.39, 0.29) is 12.2 Å². The first-order valence-electron chi connectivity index (χ1n) is 8.95. The molecule has 4 unspecified atom stereocenters. The third kappa shape index (κ3) is 10.7. The van der Waals surface area contributed by atoms with E-state index < -0.39 is 60.2 Å². The molecule has 0 rings (SSSR count). The van der Waals surface area contributed by atoms with E-state index in [1.165, 1.54) is 6.92 Å². The van der Waals surface area contributed by atoms with Crippen molar-refractivity contribution in [2.45, 2.75) is 56.8 Å². The molecular formula is C16H29N5O7S. The zero-order chi connectivity index (χ0) is 22.6. The lowest BCUT2D eigenvalue weighted by molar-refractivity contribution is -0.143. The van der Waals surface area contributed by atoms with Gasteiger partial charge in [-0.05, 0) is 32.7 Å². The first-order valence-corrected chi connectivity index (χ1v) is 9.58. The fraction of sp³-hybridized carbons (Fsp3) is 0.688. The second-order valence-electron chi connectivity index (χ2n) is 6.36. The van der Waals surface area contributed by atoms with Crippen LogP contribution in [-0.4, -0.2) is 76.3 Å². The predicted octanol–water partition coefficient (Wildman–Crippen LogP) is -2.59. The smallest absolute Gasteiger partial charge is 0.325 e. The van der Waals surface area contributed by atoms with Gasteiger partial charge >= 0.3 is 11.9 Å². The zero-order valence-corrected chi connectivity index (χ0v) is 17.0. The quantitative estimate of drug-likeness (QED) is 0.106. The second-order valence-corrected chi connectivity index (χ2v) is 6.73. The van der Waals surface area contributed by atoms with Gasteiger partial charge < -0.3 is 37.6 Å². The molecule has 0 saturated heterocycles. The average molecular weight is 436 g/mol. The molecule has 12 nitrogen and oxygen atoms in total. The van der Waals surface area contributed by atoms with Gasteiger partial charge in [0.2, 0.25) is 17.7 Å². The molecule has 3 amide bonds. The van der Waals surface area contributed by atoms with Crippen LogP contribution in [0.4, 0.5) is 0 Å². The Hall–Kier alpha value is -2.38. The number of carboxylic acid groups (broad SMARTS) is 2. The van der Waals surface area contributed by atoms with Crippen LogP contribution in [0.5, 0.6) is 0 Å². The Kier molecular flexibility index (Phi) is 12.6. The topological polar surface area (TPSA) is 214 Å². The van der Waals surface area contributed by atoms with Crippen molar-refractivity contribution in [3.8, 4) is 0 Å². The van der Waals surface area contributed by atoms with Crippen molar-refractivity contribution in [3.05, 3.63) is 0 Å². The first-order chi connectivity index (χ1) is 13.5. The van der Waals surface area contributed by atoms with E-state index in [2.05, 4.69) is 28.6 Å². The summed E-state index contributed by atoms with van der Waals surface area (Å²) in [5.41, 5.74) is 10.9. The minimum atomic E-state index is -1.48. The maximum absolute atomic E-state index is 12.5. The van der Waals surface area contributed by atoms with Gasteiger partial charge in [-0.3, -0.25) is 24.0 Å². The minimum absolute atomic E-state index is 0.0234. The normalized spacial score (nSPS) is 14.8. The average Bonchev–Trinajstić information content (AvgIpc) is 2.65. The van der Waals surface area contributed by atoms with Crippen LogP contribution in [0.3, 0.4) is 0 Å². The van der Waals surface area contributed by atoms with Gasteiger partial charge in [0.05, 0.1) is 12.5 Å². The molecular weight excluding hydrogens is 406 g/mol. The molecule has 29 heavy (non-hydrogen) atoms. The largest absolute Gasteiger partial charge is 0.481 e. The van der Waals surface area contributed by atoms with E-state index in [4.69, 9.17) is 21.7 Å². The van der Waals surface area contributed by atoms with Crippen molar-refractivity contribution < 1.29 is 34.2 Å². The number of aliphatic carboxylic acids is 2. The number of hydrogen-bond donors (Lipinski definition) is 8. The lowest BCUT2D eigenvalue weighted by Gasteiger charge is -2.24. The summed E-state index contributed by atoms with van der Waals surface area (Å²) in [6.07, 6.45) is 0.418. The molecule has 0 radical (unpaired) electrons. The van der Waals surface area contributed by atoms with Crippen molar-refractivity contribution in [3.63, 3.8) is 0 Å². The lowest BCUT2D eigenvalue weighted by Crippen LogP contribution is -2.57. The molecule has 0 aromatic carbocycles. The van der Waals surface area contributed by atoms with Crippen LogP contribution in [0.25, 0.3) is 0 Å². The van der Waals surface area contributed by atoms with Crippen LogP contribution in [0.1, 0.15) is 32.6 Å². The van der Waals surface area contributed by atoms with E-state index in [0.29, 0.717) is 19.4 Å². The Morgan fingerprint density at radius 2 is 1.48 bits per heavy atom. The van der Waals surface area contributed by atoms with Gasteiger partial charge in [0.25, 0.3) is 0 Å². The van der Waals surface area contributed by atoms with E-state index in [0.717, 1.165) is 0 Å². The van der Waals surface area contributed by atoms with Crippen LogP contribution in [0.2, 0.25) is 0 Å². The standard InChI is InChI=1S/C16H29N5O7S/c1-8(16(27)28)19-14(25)10(4-2-3-5-17)20-15(26)11(6-12(22)23)21-13(24)9(18)7-29/h8-11,29H,2-7,17-18H2,1H3,(H,19,25)(H,20,26)(H,21,24)(H,22,23)(H,27,28). The first kappa shape index (κ1) is 26.6. The summed E-state index contributed by atoms with van der Waals surface area (Å²) in [5, 5.41) is 24.7. The number of carboxylic acids is 2. The van der Waals surface area contributed by atoms with E-state index in [1.54, 1.807) is 0 Å². The molecule has 0 aromatic heterocycles. The minimum Gasteiger partial charge on any atom is -0.481 e. The molecule has 0 saturated carbocycles. The number of amides is 3. The summed E-state index contributed by atoms with van der Waals surface area (Å²) < 4.78 is 0. The van der Waals surface area contributed by atoms with Gasteiger partial charge in [-0.15, -0.1) is 0 Å². The Bertz CT molecular complexity index is 604. The lowest BCUT2D eigenvalue weighted by atomic mass is 10.1. The summed E-state index contributed by atoms with van der Waals surface area (Å²) in [7, 11) is 0. The summed E-state index contributed by atoms with van der Waals surface area (Å²) in [6, 6.07) is -4.86. The van der Waals surface area contributed by atoms with E-state index in [9.17, 15) is 24.0 Å². The zero-order valence-electron chi connectivity index (χ0n) is 16.1. The summed E-state index contributed by atoms with van der Waals surface area (Å²) >= 11 is 3.86. The number of carbonyl (C=O) groups is 5. The maximum Gasteiger partial charge on any atom is 0.325 e. The number of nitrogens with two attached hydrogens (primary N) is 2. The molecule has 4 atom stereocenters. The van der Waals surface area contributed by atoms with Crippen LogP contribution in [-0.2, 0) is 24.0 Å². The molecule has 166 valence electrons. The summed E-state index contributed by atoms with van der Waals surface area (Å²) in [6.45, 7) is 1.61. The molecule has 9 N–H and O–H groups in total. The number of nitrogens with one attached hydrogen (secondary N) is 3. The monoisotopic (exact) mass is 435 g/mol. The highest BCUT2D eigenvalue weighted by Gasteiger charge is 2.30. The van der Waals surface area contributed by atoms with Crippen molar-refractivity contribution >= 4 is 42.3 Å². The highest BCUT2D eigenvalue weighted by atomic mass is 32.1.